The Morgan fingerprint density at radius 3 is 2.61 bits per heavy atom. The van der Waals surface area contributed by atoms with Crippen LogP contribution in [0.5, 0.6) is 0 Å². The minimum Gasteiger partial charge on any atom is -0.394 e. The van der Waals surface area contributed by atoms with Crippen LogP contribution < -0.4 is 5.73 Å². The Balaban J connectivity index is 1.75. The van der Waals surface area contributed by atoms with Crippen LogP contribution in [0.2, 0.25) is 0 Å². The van der Waals surface area contributed by atoms with E-state index in [0.29, 0.717) is 11.5 Å². The third-order valence-corrected chi connectivity index (χ3v) is 5.75. The number of benzene rings is 1. The number of aliphatic hydroxyl groups excluding tert-OH is 3. The van der Waals surface area contributed by atoms with Crippen molar-refractivity contribution in [2.24, 2.45) is 26.6 Å². The number of nitrogens with zero attached hydrogens (tertiary/aromatic N) is 4. The van der Waals surface area contributed by atoms with Gasteiger partial charge in [0.1, 0.15) is 37.0 Å². The van der Waals surface area contributed by atoms with Crippen LogP contribution in [-0.2, 0) is 10.4 Å². The maximum absolute atomic E-state index is 10.9. The molecule has 0 amide bonds. The van der Waals surface area contributed by atoms with Gasteiger partial charge in [-0.05, 0) is 0 Å². The van der Waals surface area contributed by atoms with Gasteiger partial charge in [0.15, 0.2) is 17.2 Å². The van der Waals surface area contributed by atoms with Crippen molar-refractivity contribution < 1.29 is 20.1 Å². The Morgan fingerprint density at radius 1 is 1.29 bits per heavy atom. The van der Waals surface area contributed by atoms with Crippen LogP contribution in [-0.4, -0.2) is 75.4 Å². The molecular formula is C19H25N5O4. The predicted octanol–water partition coefficient (Wildman–Crippen LogP) is -0.582. The molecule has 1 fully saturated rings. The molecule has 9 heteroatoms. The first-order chi connectivity index (χ1) is 13.4. The van der Waals surface area contributed by atoms with Gasteiger partial charge in [-0.25, -0.2) is 9.98 Å². The van der Waals surface area contributed by atoms with Gasteiger partial charge in [0.25, 0.3) is 0 Å². The first kappa shape index (κ1) is 19.2. The first-order valence-electron chi connectivity index (χ1n) is 9.30. The standard InChI is InChI=1S/C19H25N5O4/c1-11(2)19(16(27)14(26)13(8-25)28-19)24-10-22-15-17(24)21-9-23-18(15,20)12-6-4-3-5-7-12/h3-7,9,11,13-14,16,25-27H,8,10,20H2,1-2H3/t13-,14-,16-,18+,19-/m1/s1. The third-order valence-electron chi connectivity index (χ3n) is 5.75. The number of ether oxygens (including phenoxy) is 1. The SMILES string of the molecule is CC(C)[C@@]1(N2CN=C3C2=NC=N[C@@]3(N)c2ccccc2)O[C@H](CO)[C@@H](O)[C@H]1O. The zero-order valence-corrected chi connectivity index (χ0v) is 15.8. The van der Waals surface area contributed by atoms with Gasteiger partial charge in [0.2, 0.25) is 0 Å². The van der Waals surface area contributed by atoms with E-state index in [1.165, 1.54) is 6.34 Å². The Kier molecular flexibility index (Phi) is 4.59. The monoisotopic (exact) mass is 387 g/mol. The summed E-state index contributed by atoms with van der Waals surface area (Å²) in [5, 5.41) is 30.8. The van der Waals surface area contributed by atoms with Gasteiger partial charge in [0, 0.05) is 11.5 Å². The quantitative estimate of drug-likeness (QED) is 0.546. The van der Waals surface area contributed by atoms with E-state index < -0.39 is 36.3 Å². The molecule has 28 heavy (non-hydrogen) atoms. The lowest BCUT2D eigenvalue weighted by Crippen LogP contribution is -2.63. The molecule has 0 spiro atoms. The molecule has 0 aliphatic carbocycles. The average Bonchev–Trinajstić information content (AvgIpc) is 3.24. The van der Waals surface area contributed by atoms with Crippen molar-refractivity contribution in [3.05, 3.63) is 35.9 Å². The minimum atomic E-state index is -1.31. The summed E-state index contributed by atoms with van der Waals surface area (Å²) in [6.07, 6.45) is -2.01. The van der Waals surface area contributed by atoms with E-state index in [4.69, 9.17) is 10.5 Å². The molecule has 150 valence electrons. The fraction of sp³-hybridized carbons (Fsp3) is 0.526. The zero-order valence-electron chi connectivity index (χ0n) is 15.8. The Morgan fingerprint density at radius 2 is 2.00 bits per heavy atom. The molecule has 5 atom stereocenters. The second-order valence-corrected chi connectivity index (χ2v) is 7.59. The second-order valence-electron chi connectivity index (χ2n) is 7.59. The van der Waals surface area contributed by atoms with Crippen LogP contribution in [0.15, 0.2) is 45.3 Å². The lowest BCUT2D eigenvalue weighted by atomic mass is 9.88. The van der Waals surface area contributed by atoms with Gasteiger partial charge in [0.05, 0.1) is 6.61 Å². The molecular weight excluding hydrogens is 362 g/mol. The largest absolute Gasteiger partial charge is 0.394 e. The van der Waals surface area contributed by atoms with Crippen LogP contribution in [0.4, 0.5) is 0 Å². The maximum Gasteiger partial charge on any atom is 0.181 e. The molecule has 1 aromatic carbocycles. The van der Waals surface area contributed by atoms with Gasteiger partial charge in [-0.2, -0.15) is 0 Å². The molecule has 4 rings (SSSR count). The number of aliphatic imine (C=N–C) groups is 3. The topological polar surface area (TPSA) is 136 Å². The highest BCUT2D eigenvalue weighted by Crippen LogP contribution is 2.43. The van der Waals surface area contributed by atoms with Crippen LogP contribution in [0.1, 0.15) is 19.4 Å². The van der Waals surface area contributed by atoms with Gasteiger partial charge < -0.3 is 25.0 Å². The highest BCUT2D eigenvalue weighted by Gasteiger charge is 2.62. The number of hydrogen-bond acceptors (Lipinski definition) is 9. The smallest absolute Gasteiger partial charge is 0.181 e. The summed E-state index contributed by atoms with van der Waals surface area (Å²) in [7, 11) is 0. The Bertz CT molecular complexity index is 842. The fourth-order valence-corrected chi connectivity index (χ4v) is 4.23. The van der Waals surface area contributed by atoms with E-state index in [-0.39, 0.29) is 12.6 Å². The summed E-state index contributed by atoms with van der Waals surface area (Å²) in [5.74, 6) is 0.202. The number of hydrogen-bond donors (Lipinski definition) is 4. The number of aliphatic hydroxyl groups is 3. The number of fused-ring (bicyclic) bond motifs is 1. The van der Waals surface area contributed by atoms with Gasteiger partial charge in [-0.1, -0.05) is 44.2 Å². The highest BCUT2D eigenvalue weighted by molar-refractivity contribution is 6.47. The molecule has 5 N–H and O–H groups in total. The summed E-state index contributed by atoms with van der Waals surface area (Å²) in [4.78, 5) is 15.1. The summed E-state index contributed by atoms with van der Waals surface area (Å²) in [6.45, 7) is 3.48. The molecule has 0 aromatic heterocycles. The molecule has 1 aromatic rings. The van der Waals surface area contributed by atoms with Crippen LogP contribution in [0, 0.1) is 5.92 Å². The zero-order chi connectivity index (χ0) is 20.1. The maximum atomic E-state index is 10.9. The van der Waals surface area contributed by atoms with E-state index >= 15 is 0 Å². The van der Waals surface area contributed by atoms with Crippen molar-refractivity contribution in [3.63, 3.8) is 0 Å². The fourth-order valence-electron chi connectivity index (χ4n) is 4.23. The van der Waals surface area contributed by atoms with Gasteiger partial charge in [-0.15, -0.1) is 0 Å². The predicted molar refractivity (Wildman–Crippen MR) is 104 cm³/mol. The van der Waals surface area contributed by atoms with Crippen LogP contribution >= 0.6 is 0 Å². The minimum absolute atomic E-state index is 0.142. The van der Waals surface area contributed by atoms with Crippen molar-refractivity contribution in [1.29, 1.82) is 0 Å². The van der Waals surface area contributed by atoms with Crippen LogP contribution in [0.3, 0.4) is 0 Å². The molecule has 0 bridgehead atoms. The van der Waals surface area contributed by atoms with E-state index in [2.05, 4.69) is 15.0 Å². The average molecular weight is 387 g/mol. The summed E-state index contributed by atoms with van der Waals surface area (Å²) in [5.41, 5.74) is 5.36. The molecule has 1 saturated heterocycles. The lowest BCUT2D eigenvalue weighted by molar-refractivity contribution is -0.186. The summed E-state index contributed by atoms with van der Waals surface area (Å²) >= 11 is 0. The lowest BCUT2D eigenvalue weighted by Gasteiger charge is -2.45. The summed E-state index contributed by atoms with van der Waals surface area (Å²) < 4.78 is 6.03. The Hall–Kier alpha value is -2.17. The highest BCUT2D eigenvalue weighted by atomic mass is 16.6. The molecule has 3 aliphatic heterocycles. The molecule has 0 radical (unpaired) electrons. The molecule has 3 aliphatic rings. The normalized spacial score (nSPS) is 37.2. The molecule has 3 heterocycles. The van der Waals surface area contributed by atoms with Crippen molar-refractivity contribution in [1.82, 2.24) is 4.90 Å². The van der Waals surface area contributed by atoms with E-state index in [1.54, 1.807) is 4.90 Å². The Labute approximate surface area is 162 Å². The number of amidine groups is 1. The van der Waals surface area contributed by atoms with Crippen LogP contribution in [0.25, 0.3) is 0 Å². The first-order valence-corrected chi connectivity index (χ1v) is 9.30. The summed E-state index contributed by atoms with van der Waals surface area (Å²) in [6, 6.07) is 9.38. The second kappa shape index (κ2) is 6.71. The van der Waals surface area contributed by atoms with Crippen molar-refractivity contribution >= 4 is 17.9 Å². The molecule has 0 unspecified atom stereocenters. The number of nitrogens with two attached hydrogens (primary N) is 1. The van der Waals surface area contributed by atoms with Crippen molar-refractivity contribution in [3.8, 4) is 0 Å². The van der Waals surface area contributed by atoms with E-state index in [1.807, 2.05) is 44.2 Å². The molecule has 0 saturated carbocycles. The van der Waals surface area contributed by atoms with E-state index in [9.17, 15) is 15.3 Å². The van der Waals surface area contributed by atoms with Crippen molar-refractivity contribution in [2.75, 3.05) is 13.3 Å². The van der Waals surface area contributed by atoms with E-state index in [0.717, 1.165) is 5.56 Å². The number of rotatable bonds is 4. The van der Waals surface area contributed by atoms with Crippen molar-refractivity contribution in [2.45, 2.75) is 43.5 Å². The van der Waals surface area contributed by atoms with Gasteiger partial charge >= 0.3 is 0 Å². The van der Waals surface area contributed by atoms with Gasteiger partial charge in [-0.3, -0.25) is 10.7 Å². The third kappa shape index (κ3) is 2.48. The molecule has 9 nitrogen and oxygen atoms in total.